The van der Waals surface area contributed by atoms with Crippen molar-refractivity contribution in [1.29, 1.82) is 0 Å². The van der Waals surface area contributed by atoms with Crippen molar-refractivity contribution in [1.82, 2.24) is 4.90 Å². The minimum atomic E-state index is 0.0945. The van der Waals surface area contributed by atoms with E-state index in [-0.39, 0.29) is 17.9 Å². The lowest BCUT2D eigenvalue weighted by Gasteiger charge is -2.30. The van der Waals surface area contributed by atoms with Crippen LogP contribution in [0, 0.1) is 17.8 Å². The average Bonchev–Trinajstić information content (AvgIpc) is 2.88. The second kappa shape index (κ2) is 6.80. The van der Waals surface area contributed by atoms with Crippen molar-refractivity contribution >= 4 is 21.8 Å². The van der Waals surface area contributed by atoms with Gasteiger partial charge in [-0.15, -0.1) is 0 Å². The van der Waals surface area contributed by atoms with Crippen molar-refractivity contribution in [3.63, 3.8) is 0 Å². The van der Waals surface area contributed by atoms with Crippen molar-refractivity contribution in [2.24, 2.45) is 17.8 Å². The number of carbonyl (C=O) groups is 1. The summed E-state index contributed by atoms with van der Waals surface area (Å²) in [5.74, 6) is 1.12. The third-order valence-corrected chi connectivity index (χ3v) is 6.19. The molecule has 128 valence electrons. The van der Waals surface area contributed by atoms with E-state index < -0.39 is 0 Å². The van der Waals surface area contributed by atoms with Gasteiger partial charge in [0.2, 0.25) is 5.91 Å². The van der Waals surface area contributed by atoms with E-state index >= 15 is 0 Å². The van der Waals surface area contributed by atoms with Gasteiger partial charge in [0.15, 0.2) is 0 Å². The summed E-state index contributed by atoms with van der Waals surface area (Å²) in [5.41, 5.74) is 2.39. The zero-order chi connectivity index (χ0) is 17.4. The molecule has 2 aromatic rings. The van der Waals surface area contributed by atoms with Crippen LogP contribution in [-0.4, -0.2) is 10.8 Å². The molecule has 1 heterocycles. The average molecular weight is 396 g/mol. The van der Waals surface area contributed by atoms with Gasteiger partial charge >= 0.3 is 0 Å². The molecular weight excluding hydrogens is 374 g/mol. The Morgan fingerprint density at radius 2 is 1.76 bits per heavy atom. The lowest BCUT2D eigenvalue weighted by atomic mass is 9.77. The maximum Gasteiger partial charge on any atom is 0.227 e. The van der Waals surface area contributed by atoms with Crippen LogP contribution < -0.4 is 0 Å². The molecule has 1 aliphatic carbocycles. The normalized spacial score (nSPS) is 28.2. The number of hydrogen-bond donors (Lipinski definition) is 0. The Labute approximate surface area is 157 Å². The predicted molar refractivity (Wildman–Crippen MR) is 104 cm³/mol. The zero-order valence-electron chi connectivity index (χ0n) is 14.3. The molecule has 0 saturated carbocycles. The number of fused-ring (bicyclic) bond motifs is 1. The van der Waals surface area contributed by atoms with Gasteiger partial charge in [0, 0.05) is 22.9 Å². The molecule has 2 nitrogen and oxygen atoms in total. The number of carbonyl (C=O) groups excluding carboxylic acids is 1. The van der Waals surface area contributed by atoms with Crippen LogP contribution in [0.1, 0.15) is 30.5 Å². The lowest BCUT2D eigenvalue weighted by molar-refractivity contribution is -0.133. The Balaban J connectivity index is 1.76. The fourth-order valence-electron chi connectivity index (χ4n) is 4.28. The Kier molecular flexibility index (Phi) is 4.51. The highest BCUT2D eigenvalue weighted by molar-refractivity contribution is 9.10. The Bertz CT molecular complexity index is 801. The third-order valence-electron chi connectivity index (χ3n) is 5.47. The number of allylic oxidation sites excluding steroid dienone is 1. The molecule has 0 bridgehead atoms. The fraction of sp³-hybridized carbons (Fsp3) is 0.318. The van der Waals surface area contributed by atoms with Gasteiger partial charge in [0.25, 0.3) is 0 Å². The molecule has 1 fully saturated rings. The summed E-state index contributed by atoms with van der Waals surface area (Å²) in [6.45, 7) is 2.87. The van der Waals surface area contributed by atoms with Crippen molar-refractivity contribution in [3.8, 4) is 0 Å². The van der Waals surface area contributed by atoms with Crippen molar-refractivity contribution < 1.29 is 4.79 Å². The Morgan fingerprint density at radius 1 is 1.04 bits per heavy atom. The number of benzene rings is 2. The number of nitrogens with zero attached hydrogens (tertiary/aromatic N) is 1. The summed E-state index contributed by atoms with van der Waals surface area (Å²) in [5, 5.41) is 0. The first-order chi connectivity index (χ1) is 12.1. The largest absolute Gasteiger partial charge is 0.330 e. The molecule has 1 aliphatic heterocycles. The highest BCUT2D eigenvalue weighted by Crippen LogP contribution is 2.49. The topological polar surface area (TPSA) is 20.3 Å². The second-order valence-corrected chi connectivity index (χ2v) is 8.05. The first-order valence-corrected chi connectivity index (χ1v) is 9.71. The van der Waals surface area contributed by atoms with Crippen LogP contribution in [0.4, 0.5) is 0 Å². The summed E-state index contributed by atoms with van der Waals surface area (Å²) < 4.78 is 1.08. The van der Waals surface area contributed by atoms with Crippen LogP contribution >= 0.6 is 15.9 Å². The molecule has 2 aromatic carbocycles. The lowest BCUT2D eigenvalue weighted by Crippen LogP contribution is -2.29. The van der Waals surface area contributed by atoms with Gasteiger partial charge in [-0.3, -0.25) is 4.79 Å². The maximum absolute atomic E-state index is 13.3. The maximum atomic E-state index is 13.3. The summed E-state index contributed by atoms with van der Waals surface area (Å²) >= 11 is 3.71. The molecule has 25 heavy (non-hydrogen) atoms. The number of halogens is 1. The highest BCUT2D eigenvalue weighted by Gasteiger charge is 2.48. The standard InChI is InChI=1S/C22H22BrNO/c1-15-11-12-17-19(13-15)22(25)24(14-16-7-3-2-4-8-16)21(17)18-9-5-6-10-20(18)23/h2-12,15,17,19,21H,13-14H2,1H3/t15?,17-,19-,21+/m1/s1. The number of hydrogen-bond acceptors (Lipinski definition) is 1. The molecule has 0 aromatic heterocycles. The number of rotatable bonds is 3. The quantitative estimate of drug-likeness (QED) is 0.640. The van der Waals surface area contributed by atoms with Crippen LogP contribution in [0.3, 0.4) is 0 Å². The summed E-state index contributed by atoms with van der Waals surface area (Å²) in [7, 11) is 0. The van der Waals surface area contributed by atoms with E-state index in [4.69, 9.17) is 0 Å². The monoisotopic (exact) mass is 395 g/mol. The Hall–Kier alpha value is -1.87. The minimum absolute atomic E-state index is 0.0945. The van der Waals surface area contributed by atoms with E-state index in [2.05, 4.69) is 70.2 Å². The van der Waals surface area contributed by atoms with E-state index in [1.165, 1.54) is 11.1 Å². The zero-order valence-corrected chi connectivity index (χ0v) is 15.9. The van der Waals surface area contributed by atoms with Gasteiger partial charge in [0.1, 0.15) is 0 Å². The second-order valence-electron chi connectivity index (χ2n) is 7.20. The molecule has 1 saturated heterocycles. The molecule has 1 amide bonds. The van der Waals surface area contributed by atoms with Gasteiger partial charge in [0.05, 0.1) is 6.04 Å². The van der Waals surface area contributed by atoms with Crippen molar-refractivity contribution in [2.75, 3.05) is 0 Å². The molecule has 1 unspecified atom stereocenters. The minimum Gasteiger partial charge on any atom is -0.330 e. The van der Waals surface area contributed by atoms with E-state index in [9.17, 15) is 4.79 Å². The van der Waals surface area contributed by atoms with E-state index in [1.54, 1.807) is 0 Å². The number of amides is 1. The number of likely N-dealkylation sites (tertiary alicyclic amines) is 1. The van der Waals surface area contributed by atoms with Gasteiger partial charge in [-0.2, -0.15) is 0 Å². The van der Waals surface area contributed by atoms with Gasteiger partial charge in [-0.05, 0) is 29.5 Å². The van der Waals surface area contributed by atoms with Crippen LogP contribution in [-0.2, 0) is 11.3 Å². The van der Waals surface area contributed by atoms with Crippen molar-refractivity contribution in [2.45, 2.75) is 25.9 Å². The van der Waals surface area contributed by atoms with E-state index in [0.29, 0.717) is 18.4 Å². The summed E-state index contributed by atoms with van der Waals surface area (Å²) in [6.07, 6.45) is 5.52. The van der Waals surface area contributed by atoms with Crippen molar-refractivity contribution in [3.05, 3.63) is 82.3 Å². The molecule has 4 rings (SSSR count). The molecule has 2 aliphatic rings. The molecular formula is C22H22BrNO. The molecule has 0 N–H and O–H groups in total. The smallest absolute Gasteiger partial charge is 0.227 e. The van der Waals surface area contributed by atoms with Gasteiger partial charge in [-0.1, -0.05) is 83.5 Å². The van der Waals surface area contributed by atoms with Gasteiger partial charge < -0.3 is 4.90 Å². The molecule has 4 atom stereocenters. The first kappa shape index (κ1) is 16.6. The fourth-order valence-corrected chi connectivity index (χ4v) is 4.80. The Morgan fingerprint density at radius 3 is 2.52 bits per heavy atom. The molecule has 0 radical (unpaired) electrons. The summed E-state index contributed by atoms with van der Waals surface area (Å²) in [4.78, 5) is 15.4. The predicted octanol–water partition coefficient (Wildman–Crippen LogP) is 5.36. The highest BCUT2D eigenvalue weighted by atomic mass is 79.9. The molecule has 0 spiro atoms. The van der Waals surface area contributed by atoms with E-state index in [0.717, 1.165) is 10.9 Å². The van der Waals surface area contributed by atoms with Crippen LogP contribution in [0.5, 0.6) is 0 Å². The summed E-state index contributed by atoms with van der Waals surface area (Å²) in [6, 6.07) is 18.7. The first-order valence-electron chi connectivity index (χ1n) is 8.92. The van der Waals surface area contributed by atoms with Crippen LogP contribution in [0.15, 0.2) is 71.2 Å². The van der Waals surface area contributed by atoms with Crippen LogP contribution in [0.25, 0.3) is 0 Å². The van der Waals surface area contributed by atoms with Gasteiger partial charge in [-0.25, -0.2) is 0 Å². The molecule has 3 heteroatoms. The van der Waals surface area contributed by atoms with Crippen LogP contribution in [0.2, 0.25) is 0 Å². The van der Waals surface area contributed by atoms with E-state index in [1.807, 2.05) is 24.3 Å². The third kappa shape index (κ3) is 3.06. The SMILES string of the molecule is CC1C=C[C@H]2[C@@H](c3ccccc3Br)N(Cc3ccccc3)C(=O)[C@@H]2C1.